The Morgan fingerprint density at radius 3 is 2.38 bits per heavy atom. The van der Waals surface area contributed by atoms with Gasteiger partial charge in [-0.15, -0.1) is 0 Å². The van der Waals surface area contributed by atoms with Gasteiger partial charge in [-0.1, -0.05) is 18.5 Å². The van der Waals surface area contributed by atoms with Gasteiger partial charge in [0.2, 0.25) is 0 Å². The molecule has 0 aromatic heterocycles. The van der Waals surface area contributed by atoms with Crippen LogP contribution in [0.4, 0.5) is 0 Å². The van der Waals surface area contributed by atoms with E-state index in [0.29, 0.717) is 16.5 Å². The molecule has 90 valence electrons. The minimum absolute atomic E-state index is 0.120. The van der Waals surface area contributed by atoms with Gasteiger partial charge >= 0.3 is 0 Å². The number of rotatable bonds is 6. The molecule has 3 nitrogen and oxygen atoms in total. The summed E-state index contributed by atoms with van der Waals surface area (Å²) in [5.74, 6) is 0.120. The van der Waals surface area contributed by atoms with Crippen LogP contribution in [-0.4, -0.2) is 27.3 Å². The highest BCUT2D eigenvalue weighted by Gasteiger charge is 2.13. The fraction of sp³-hybridized carbons (Fsp3) is 0.455. The highest BCUT2D eigenvalue weighted by atomic mass is 35.5. The fourth-order valence-electron chi connectivity index (χ4n) is 1.27. The lowest BCUT2D eigenvalue weighted by atomic mass is 10.4. The summed E-state index contributed by atoms with van der Waals surface area (Å²) < 4.78 is 23.6. The van der Waals surface area contributed by atoms with E-state index in [-0.39, 0.29) is 5.75 Å². The standard InChI is InChI=1S/C11H16ClNO2S/c1-2-7-13-8-9-16(14,15)11-5-3-10(12)4-6-11/h3-6,13H,2,7-9H2,1H3. The highest BCUT2D eigenvalue weighted by Crippen LogP contribution is 2.14. The molecule has 0 bridgehead atoms. The summed E-state index contributed by atoms with van der Waals surface area (Å²) in [7, 11) is -3.18. The second-order valence-corrected chi connectivity index (χ2v) is 6.07. The molecule has 0 aliphatic heterocycles. The zero-order valence-corrected chi connectivity index (χ0v) is 10.8. The van der Waals surface area contributed by atoms with E-state index in [1.165, 1.54) is 12.1 Å². The average Bonchev–Trinajstić information content (AvgIpc) is 2.25. The number of hydrogen-bond acceptors (Lipinski definition) is 3. The first-order chi connectivity index (χ1) is 7.56. The van der Waals surface area contributed by atoms with Crippen LogP contribution in [0.3, 0.4) is 0 Å². The predicted octanol–water partition coefficient (Wildman–Crippen LogP) is 2.11. The summed E-state index contributed by atoms with van der Waals surface area (Å²) in [5, 5.41) is 3.61. The molecule has 1 N–H and O–H groups in total. The van der Waals surface area contributed by atoms with Crippen molar-refractivity contribution in [1.82, 2.24) is 5.32 Å². The van der Waals surface area contributed by atoms with E-state index < -0.39 is 9.84 Å². The second-order valence-electron chi connectivity index (χ2n) is 3.52. The number of benzene rings is 1. The van der Waals surface area contributed by atoms with Crippen LogP contribution in [0.15, 0.2) is 29.2 Å². The Bertz CT molecular complexity index is 414. The van der Waals surface area contributed by atoms with E-state index in [4.69, 9.17) is 11.6 Å². The maximum atomic E-state index is 11.8. The molecule has 16 heavy (non-hydrogen) atoms. The normalized spacial score (nSPS) is 11.6. The second kappa shape index (κ2) is 6.23. The summed E-state index contributed by atoms with van der Waals surface area (Å²) in [6.45, 7) is 3.37. The number of halogens is 1. The summed E-state index contributed by atoms with van der Waals surface area (Å²) in [5.41, 5.74) is 0. The molecule has 0 amide bonds. The Morgan fingerprint density at radius 2 is 1.81 bits per heavy atom. The molecular weight excluding hydrogens is 246 g/mol. The van der Waals surface area contributed by atoms with Crippen molar-refractivity contribution in [3.05, 3.63) is 29.3 Å². The van der Waals surface area contributed by atoms with E-state index in [1.54, 1.807) is 12.1 Å². The average molecular weight is 262 g/mol. The Kier molecular flexibility index (Phi) is 5.25. The van der Waals surface area contributed by atoms with Crippen LogP contribution in [0.2, 0.25) is 5.02 Å². The minimum Gasteiger partial charge on any atom is -0.316 e. The number of nitrogens with one attached hydrogen (secondary N) is 1. The van der Waals surface area contributed by atoms with Crippen LogP contribution in [0.25, 0.3) is 0 Å². The van der Waals surface area contributed by atoms with E-state index >= 15 is 0 Å². The molecule has 1 aromatic rings. The molecule has 1 aromatic carbocycles. The van der Waals surface area contributed by atoms with Gasteiger partial charge < -0.3 is 5.32 Å². The molecular formula is C11H16ClNO2S. The van der Waals surface area contributed by atoms with Gasteiger partial charge in [0.25, 0.3) is 0 Å². The van der Waals surface area contributed by atoms with Crippen molar-refractivity contribution >= 4 is 21.4 Å². The van der Waals surface area contributed by atoms with Gasteiger partial charge in [-0.25, -0.2) is 8.42 Å². The molecule has 0 saturated carbocycles. The molecule has 0 aliphatic carbocycles. The molecule has 5 heteroatoms. The summed E-state index contributed by atoms with van der Waals surface area (Å²) >= 11 is 5.70. The zero-order chi connectivity index (χ0) is 12.0. The molecule has 0 saturated heterocycles. The van der Waals surface area contributed by atoms with Crippen molar-refractivity contribution < 1.29 is 8.42 Å². The van der Waals surface area contributed by atoms with E-state index in [0.717, 1.165) is 13.0 Å². The molecule has 0 atom stereocenters. The van der Waals surface area contributed by atoms with Gasteiger partial charge in [0, 0.05) is 11.6 Å². The quantitative estimate of drug-likeness (QED) is 0.798. The maximum absolute atomic E-state index is 11.8. The Morgan fingerprint density at radius 1 is 1.19 bits per heavy atom. The third-order valence-corrected chi connectivity index (χ3v) is 4.13. The topological polar surface area (TPSA) is 46.2 Å². The van der Waals surface area contributed by atoms with Crippen LogP contribution >= 0.6 is 11.6 Å². The summed E-state index contributed by atoms with van der Waals surface area (Å²) in [6.07, 6.45) is 1.00. The Balaban J connectivity index is 2.60. The SMILES string of the molecule is CCCNCCS(=O)(=O)c1ccc(Cl)cc1. The molecule has 0 radical (unpaired) electrons. The number of sulfone groups is 1. The molecule has 1 rings (SSSR count). The Hall–Kier alpha value is -0.580. The molecule has 0 unspecified atom stereocenters. The maximum Gasteiger partial charge on any atom is 0.179 e. The van der Waals surface area contributed by atoms with Crippen LogP contribution in [-0.2, 0) is 9.84 Å². The molecule has 0 fully saturated rings. The third-order valence-electron chi connectivity index (χ3n) is 2.15. The van der Waals surface area contributed by atoms with E-state index in [9.17, 15) is 8.42 Å². The molecule has 0 heterocycles. The van der Waals surface area contributed by atoms with Crippen molar-refractivity contribution in [2.45, 2.75) is 18.2 Å². The summed E-state index contributed by atoms with van der Waals surface area (Å²) in [4.78, 5) is 0.329. The van der Waals surface area contributed by atoms with Gasteiger partial charge in [0.05, 0.1) is 10.6 Å². The zero-order valence-electron chi connectivity index (χ0n) is 9.24. The smallest absolute Gasteiger partial charge is 0.179 e. The summed E-state index contributed by atoms with van der Waals surface area (Å²) in [6, 6.07) is 6.26. The molecule has 0 aliphatic rings. The van der Waals surface area contributed by atoms with Gasteiger partial charge in [-0.2, -0.15) is 0 Å². The van der Waals surface area contributed by atoms with Gasteiger partial charge in [0.15, 0.2) is 9.84 Å². The lowest BCUT2D eigenvalue weighted by Crippen LogP contribution is -2.23. The van der Waals surface area contributed by atoms with Crippen molar-refractivity contribution in [3.63, 3.8) is 0 Å². The Labute approximate surface area is 102 Å². The molecule has 0 spiro atoms. The first kappa shape index (κ1) is 13.5. The van der Waals surface area contributed by atoms with Crippen molar-refractivity contribution in [2.24, 2.45) is 0 Å². The van der Waals surface area contributed by atoms with Gasteiger partial charge in [-0.05, 0) is 37.2 Å². The third kappa shape index (κ3) is 4.12. The minimum atomic E-state index is -3.18. The van der Waals surface area contributed by atoms with Crippen molar-refractivity contribution in [1.29, 1.82) is 0 Å². The van der Waals surface area contributed by atoms with Crippen LogP contribution < -0.4 is 5.32 Å². The van der Waals surface area contributed by atoms with Gasteiger partial charge in [0.1, 0.15) is 0 Å². The number of hydrogen-bond donors (Lipinski definition) is 1. The highest BCUT2D eigenvalue weighted by molar-refractivity contribution is 7.91. The van der Waals surface area contributed by atoms with Crippen molar-refractivity contribution in [2.75, 3.05) is 18.8 Å². The van der Waals surface area contributed by atoms with E-state index in [2.05, 4.69) is 5.32 Å². The monoisotopic (exact) mass is 261 g/mol. The lowest BCUT2D eigenvalue weighted by Gasteiger charge is -2.05. The lowest BCUT2D eigenvalue weighted by molar-refractivity contribution is 0.590. The van der Waals surface area contributed by atoms with Gasteiger partial charge in [-0.3, -0.25) is 0 Å². The largest absolute Gasteiger partial charge is 0.316 e. The van der Waals surface area contributed by atoms with Crippen molar-refractivity contribution in [3.8, 4) is 0 Å². The first-order valence-corrected chi connectivity index (χ1v) is 7.28. The first-order valence-electron chi connectivity index (χ1n) is 5.25. The van der Waals surface area contributed by atoms with Crippen LogP contribution in [0.5, 0.6) is 0 Å². The fourth-order valence-corrected chi connectivity index (χ4v) is 2.59. The van der Waals surface area contributed by atoms with Crippen LogP contribution in [0, 0.1) is 0 Å². The van der Waals surface area contributed by atoms with Crippen LogP contribution in [0.1, 0.15) is 13.3 Å². The predicted molar refractivity (Wildman–Crippen MR) is 66.7 cm³/mol. The van der Waals surface area contributed by atoms with E-state index in [1.807, 2.05) is 6.92 Å².